The number of carbonyl (C=O) groups is 2. The van der Waals surface area contributed by atoms with Crippen molar-refractivity contribution in [2.75, 3.05) is 6.54 Å². The van der Waals surface area contributed by atoms with E-state index in [1.54, 1.807) is 42.3 Å². The molecule has 2 aliphatic rings. The first-order valence-corrected chi connectivity index (χ1v) is 14.0. The van der Waals surface area contributed by atoms with E-state index in [1.807, 2.05) is 6.92 Å². The van der Waals surface area contributed by atoms with E-state index in [0.717, 1.165) is 12.0 Å². The Labute approximate surface area is 247 Å². The Balaban J connectivity index is 1.19. The van der Waals surface area contributed by atoms with Crippen LogP contribution in [-0.2, 0) is 22.7 Å². The van der Waals surface area contributed by atoms with E-state index in [9.17, 15) is 14.0 Å². The number of hydrogen-bond acceptors (Lipinski definition) is 9. The number of benzene rings is 1. The first kappa shape index (κ1) is 29.3. The maximum Gasteiger partial charge on any atom is 0.251 e. The van der Waals surface area contributed by atoms with Gasteiger partial charge in [0.15, 0.2) is 0 Å². The van der Waals surface area contributed by atoms with Crippen molar-refractivity contribution in [3.63, 3.8) is 0 Å². The highest BCUT2D eigenvalue weighted by Crippen LogP contribution is 2.36. The molecule has 5 N–H and O–H groups in total. The van der Waals surface area contributed by atoms with Gasteiger partial charge in [-0.1, -0.05) is 22.9 Å². The van der Waals surface area contributed by atoms with Crippen molar-refractivity contribution in [2.45, 2.75) is 57.9 Å². The molecule has 5 rings (SSSR count). The van der Waals surface area contributed by atoms with Gasteiger partial charge in [-0.05, 0) is 51.0 Å². The summed E-state index contributed by atoms with van der Waals surface area (Å²) in [5, 5.41) is 17.5. The van der Waals surface area contributed by atoms with Crippen LogP contribution < -0.4 is 26.8 Å². The molecular weight excluding hydrogens is 563 g/mol. The summed E-state index contributed by atoms with van der Waals surface area (Å²) in [6, 6.07) is 6.87. The van der Waals surface area contributed by atoms with Crippen LogP contribution in [0.5, 0.6) is 0 Å². The number of halogens is 2. The van der Waals surface area contributed by atoms with Gasteiger partial charge in [0.1, 0.15) is 23.4 Å². The van der Waals surface area contributed by atoms with Crippen LogP contribution in [-0.4, -0.2) is 49.8 Å². The minimum absolute atomic E-state index is 0.00739. The van der Waals surface area contributed by atoms with Gasteiger partial charge in [0.05, 0.1) is 24.0 Å². The average molecular weight is 595 g/mol. The Hall–Kier alpha value is -4.20. The monoisotopic (exact) mass is 594 g/mol. The highest BCUT2D eigenvalue weighted by atomic mass is 35.5. The standard InChI is InChI=1S/C28H32ClFN10O2/c1-17-24(25(21-5-4-19(30)14-22(21)29)35-26(34-17)18-7-11-31-12-8-18)27(42)33-15-20-16-40(39-36-20)13-3-10-32-23(41)6-9-28(2)37-38-28/h4-5,7-8,11-12,14,16,25,37-38H,3,6,9-10,13,15H2,1-2H3,(H,32,41)(H,33,42)(H,34,35). The number of nitrogens with one attached hydrogen (secondary N) is 5. The molecule has 2 aromatic heterocycles. The van der Waals surface area contributed by atoms with Crippen LogP contribution >= 0.6 is 11.6 Å². The van der Waals surface area contributed by atoms with Gasteiger partial charge >= 0.3 is 0 Å². The minimum Gasteiger partial charge on any atom is -0.356 e. The molecule has 1 aromatic carbocycles. The third-order valence-corrected chi connectivity index (χ3v) is 7.33. The fourth-order valence-corrected chi connectivity index (χ4v) is 4.79. The zero-order chi connectivity index (χ0) is 29.7. The van der Waals surface area contributed by atoms with Gasteiger partial charge < -0.3 is 16.0 Å². The number of hydrazine groups is 1. The van der Waals surface area contributed by atoms with Gasteiger partial charge in [0, 0.05) is 53.8 Å². The van der Waals surface area contributed by atoms with Crippen molar-refractivity contribution in [1.29, 1.82) is 0 Å². The van der Waals surface area contributed by atoms with Crippen LogP contribution in [0.25, 0.3) is 0 Å². The molecule has 0 bridgehead atoms. The summed E-state index contributed by atoms with van der Waals surface area (Å²) in [4.78, 5) is 34.3. The van der Waals surface area contributed by atoms with Crippen molar-refractivity contribution in [3.8, 4) is 0 Å². The second-order valence-electron chi connectivity index (χ2n) is 10.4. The number of aryl methyl sites for hydroxylation is 1. The molecule has 2 amide bonds. The van der Waals surface area contributed by atoms with Gasteiger partial charge in [0.2, 0.25) is 5.91 Å². The van der Waals surface area contributed by atoms with Gasteiger partial charge in [0.25, 0.3) is 5.91 Å². The Morgan fingerprint density at radius 2 is 1.95 bits per heavy atom. The smallest absolute Gasteiger partial charge is 0.251 e. The van der Waals surface area contributed by atoms with E-state index in [1.165, 1.54) is 18.2 Å². The lowest BCUT2D eigenvalue weighted by Gasteiger charge is -2.27. The minimum atomic E-state index is -0.770. The molecule has 1 atom stereocenters. The third kappa shape index (κ3) is 7.35. The first-order valence-electron chi connectivity index (χ1n) is 13.6. The van der Waals surface area contributed by atoms with Crippen LogP contribution in [0.2, 0.25) is 5.02 Å². The highest BCUT2D eigenvalue weighted by Gasteiger charge is 2.35. The number of hydrogen-bond donors (Lipinski definition) is 5. The third-order valence-electron chi connectivity index (χ3n) is 7.00. The summed E-state index contributed by atoms with van der Waals surface area (Å²) in [5.41, 5.74) is 8.70. The van der Waals surface area contributed by atoms with Crippen molar-refractivity contribution in [3.05, 3.63) is 87.9 Å². The van der Waals surface area contributed by atoms with Gasteiger partial charge in [-0.25, -0.2) is 15.2 Å². The highest BCUT2D eigenvalue weighted by molar-refractivity contribution is 6.31. The molecule has 0 radical (unpaired) electrons. The van der Waals surface area contributed by atoms with E-state index in [4.69, 9.17) is 16.6 Å². The van der Waals surface area contributed by atoms with E-state index in [0.29, 0.717) is 54.3 Å². The van der Waals surface area contributed by atoms with Crippen LogP contribution in [0.15, 0.2) is 65.2 Å². The van der Waals surface area contributed by atoms with Gasteiger partial charge in [-0.3, -0.25) is 24.2 Å². The Bertz CT molecular complexity index is 1520. The molecule has 0 saturated carbocycles. The molecule has 1 saturated heterocycles. The number of amides is 2. The number of nitrogens with zero attached hydrogens (tertiary/aromatic N) is 5. The molecule has 0 spiro atoms. The lowest BCUT2D eigenvalue weighted by molar-refractivity contribution is -0.121. The second kappa shape index (κ2) is 12.8. The second-order valence-corrected chi connectivity index (χ2v) is 10.8. The summed E-state index contributed by atoms with van der Waals surface area (Å²) >= 11 is 6.41. The van der Waals surface area contributed by atoms with Crippen LogP contribution in [0, 0.1) is 5.82 Å². The maximum atomic E-state index is 13.8. The maximum absolute atomic E-state index is 13.8. The predicted molar refractivity (Wildman–Crippen MR) is 154 cm³/mol. The summed E-state index contributed by atoms with van der Waals surface area (Å²) < 4.78 is 15.5. The lowest BCUT2D eigenvalue weighted by atomic mass is 9.94. The molecule has 0 aliphatic carbocycles. The molecule has 220 valence electrons. The molecular formula is C28H32ClFN10O2. The van der Waals surface area contributed by atoms with Crippen molar-refractivity contribution < 1.29 is 14.0 Å². The van der Waals surface area contributed by atoms with Crippen LogP contribution in [0.4, 0.5) is 4.39 Å². The largest absolute Gasteiger partial charge is 0.356 e. The van der Waals surface area contributed by atoms with E-state index in [2.05, 4.69) is 42.1 Å². The Morgan fingerprint density at radius 1 is 1.17 bits per heavy atom. The number of aliphatic imine (C=N–C) groups is 1. The molecule has 12 nitrogen and oxygen atoms in total. The molecule has 42 heavy (non-hydrogen) atoms. The number of aromatic nitrogens is 4. The van der Waals surface area contributed by atoms with Crippen molar-refractivity contribution in [2.24, 2.45) is 4.99 Å². The molecule has 1 fully saturated rings. The molecule has 1 unspecified atom stereocenters. The molecule has 14 heteroatoms. The summed E-state index contributed by atoms with van der Waals surface area (Å²) in [6.45, 7) is 5.01. The number of pyridine rings is 1. The zero-order valence-electron chi connectivity index (χ0n) is 23.2. The van der Waals surface area contributed by atoms with Crippen molar-refractivity contribution in [1.82, 2.24) is 46.8 Å². The average Bonchev–Trinajstić information content (AvgIpc) is 3.54. The Morgan fingerprint density at radius 3 is 2.69 bits per heavy atom. The fraction of sp³-hybridized carbons (Fsp3) is 0.357. The van der Waals surface area contributed by atoms with Gasteiger partial charge in [-0.2, -0.15) is 0 Å². The fourth-order valence-electron chi connectivity index (χ4n) is 4.52. The summed E-state index contributed by atoms with van der Waals surface area (Å²) in [6.07, 6.45) is 6.90. The molecule has 2 aliphatic heterocycles. The van der Waals surface area contributed by atoms with E-state index >= 15 is 0 Å². The summed E-state index contributed by atoms with van der Waals surface area (Å²) in [7, 11) is 0. The lowest BCUT2D eigenvalue weighted by Crippen LogP contribution is -2.36. The summed E-state index contributed by atoms with van der Waals surface area (Å²) in [5.74, 6) is -0.299. The molecule has 4 heterocycles. The number of allylic oxidation sites excluding steroid dienone is 1. The molecule has 3 aromatic rings. The first-order chi connectivity index (χ1) is 20.2. The predicted octanol–water partition coefficient (Wildman–Crippen LogP) is 2.26. The van der Waals surface area contributed by atoms with Gasteiger partial charge in [-0.15, -0.1) is 5.10 Å². The normalized spacial score (nSPS) is 17.3. The van der Waals surface area contributed by atoms with Crippen LogP contribution in [0.3, 0.4) is 0 Å². The van der Waals surface area contributed by atoms with E-state index in [-0.39, 0.29) is 29.0 Å². The van der Waals surface area contributed by atoms with Crippen LogP contribution in [0.1, 0.15) is 56.0 Å². The number of carbonyl (C=O) groups excluding carboxylic acids is 2. The Kier molecular flexibility index (Phi) is 8.90. The number of rotatable bonds is 12. The van der Waals surface area contributed by atoms with Crippen molar-refractivity contribution >= 4 is 29.3 Å². The quantitative estimate of drug-likeness (QED) is 0.157. The SMILES string of the molecule is CC1=C(C(=O)NCc2cn(CCCNC(=O)CCC3(C)NN3)nn2)C(c2ccc(F)cc2Cl)N=C(c2ccncc2)N1. The topological polar surface area (TPSA) is 170 Å². The number of amidine groups is 1. The zero-order valence-corrected chi connectivity index (χ0v) is 24.0. The van der Waals surface area contributed by atoms with E-state index < -0.39 is 11.9 Å².